The SMILES string of the molecule is O=C(Nc1ccc(C(=O)N2CCN(C(=O)C3CCNCC3)CC2)c(Cl)c1)c1ncc(Cc2c(C(F)(F)F)n[nH]c2CC2CCC2)[nH]1. The van der Waals surface area contributed by atoms with Gasteiger partial charge in [0.15, 0.2) is 11.5 Å². The van der Waals surface area contributed by atoms with Crippen LogP contribution in [0.5, 0.6) is 0 Å². The maximum Gasteiger partial charge on any atom is 0.435 e. The van der Waals surface area contributed by atoms with E-state index in [1.54, 1.807) is 11.0 Å². The van der Waals surface area contributed by atoms with Gasteiger partial charge in [0.25, 0.3) is 11.8 Å². The number of halogens is 4. The molecule has 4 N–H and O–H groups in total. The van der Waals surface area contributed by atoms with Crippen molar-refractivity contribution in [3.63, 3.8) is 0 Å². The second-order valence-corrected chi connectivity index (χ2v) is 12.7. The van der Waals surface area contributed by atoms with E-state index in [1.807, 2.05) is 4.90 Å². The van der Waals surface area contributed by atoms with E-state index in [4.69, 9.17) is 11.6 Å². The number of alkyl halides is 3. The Morgan fingerprint density at radius 3 is 2.39 bits per heavy atom. The highest BCUT2D eigenvalue weighted by Crippen LogP contribution is 2.36. The lowest BCUT2D eigenvalue weighted by molar-refractivity contribution is -0.141. The monoisotopic (exact) mass is 660 g/mol. The number of hydrogen-bond acceptors (Lipinski definition) is 6. The first-order valence-electron chi connectivity index (χ1n) is 15.6. The highest BCUT2D eigenvalue weighted by atomic mass is 35.5. The maximum atomic E-state index is 13.7. The van der Waals surface area contributed by atoms with Gasteiger partial charge >= 0.3 is 6.18 Å². The maximum absolute atomic E-state index is 13.7. The lowest BCUT2D eigenvalue weighted by Crippen LogP contribution is -2.52. The topological polar surface area (TPSA) is 139 Å². The zero-order valence-electron chi connectivity index (χ0n) is 25.2. The number of amides is 3. The molecule has 11 nitrogen and oxygen atoms in total. The van der Waals surface area contributed by atoms with Crippen LogP contribution in [-0.4, -0.2) is 87.0 Å². The second kappa shape index (κ2) is 13.4. The summed E-state index contributed by atoms with van der Waals surface area (Å²) in [5.41, 5.74) is 0.476. The largest absolute Gasteiger partial charge is 0.435 e. The number of piperazine rings is 1. The van der Waals surface area contributed by atoms with E-state index < -0.39 is 17.8 Å². The molecule has 15 heteroatoms. The molecule has 0 radical (unpaired) electrons. The summed E-state index contributed by atoms with van der Waals surface area (Å²) in [5.74, 6) is -0.448. The summed E-state index contributed by atoms with van der Waals surface area (Å²) in [6, 6.07) is 4.54. The molecule has 0 spiro atoms. The molecule has 4 heterocycles. The summed E-state index contributed by atoms with van der Waals surface area (Å²) in [6.45, 7) is 3.40. The number of piperidine rings is 1. The van der Waals surface area contributed by atoms with Gasteiger partial charge in [-0.3, -0.25) is 19.5 Å². The Hall–Kier alpha value is -3.91. The van der Waals surface area contributed by atoms with Crippen LogP contribution in [0.3, 0.4) is 0 Å². The summed E-state index contributed by atoms with van der Waals surface area (Å²) >= 11 is 6.46. The Bertz CT molecular complexity index is 1590. The number of carbonyl (C=O) groups is 3. The summed E-state index contributed by atoms with van der Waals surface area (Å²) in [6.07, 6.45) is 1.78. The van der Waals surface area contributed by atoms with Gasteiger partial charge in [-0.25, -0.2) is 4.98 Å². The van der Waals surface area contributed by atoms with Gasteiger partial charge < -0.3 is 25.4 Å². The van der Waals surface area contributed by atoms with Crippen molar-refractivity contribution < 1.29 is 27.6 Å². The van der Waals surface area contributed by atoms with Crippen LogP contribution in [-0.2, 0) is 23.8 Å². The molecule has 2 aromatic heterocycles. The molecule has 2 aliphatic heterocycles. The first-order chi connectivity index (χ1) is 22.1. The van der Waals surface area contributed by atoms with Crippen LogP contribution in [0, 0.1) is 11.8 Å². The molecule has 6 rings (SSSR count). The number of H-pyrrole nitrogens is 2. The van der Waals surface area contributed by atoms with Crippen molar-refractivity contribution in [1.82, 2.24) is 35.3 Å². The third kappa shape index (κ3) is 7.07. The summed E-state index contributed by atoms with van der Waals surface area (Å²) in [5, 5.41) is 12.2. The fraction of sp³-hybridized carbons (Fsp3) is 0.516. The third-order valence-electron chi connectivity index (χ3n) is 9.17. The number of aromatic nitrogens is 4. The van der Waals surface area contributed by atoms with Crippen molar-refractivity contribution in [2.45, 2.75) is 51.1 Å². The van der Waals surface area contributed by atoms with E-state index in [1.165, 1.54) is 18.3 Å². The number of benzene rings is 1. The number of nitrogens with zero attached hydrogens (tertiary/aromatic N) is 4. The van der Waals surface area contributed by atoms with E-state index >= 15 is 0 Å². The van der Waals surface area contributed by atoms with Crippen molar-refractivity contribution in [3.05, 3.63) is 63.5 Å². The molecule has 2 saturated heterocycles. The third-order valence-corrected chi connectivity index (χ3v) is 9.49. The summed E-state index contributed by atoms with van der Waals surface area (Å²) in [4.78, 5) is 49.4. The first-order valence-corrected chi connectivity index (χ1v) is 16.0. The molecule has 3 aromatic rings. The minimum Gasteiger partial charge on any atom is -0.339 e. The van der Waals surface area contributed by atoms with Gasteiger partial charge in [0.05, 0.1) is 10.6 Å². The van der Waals surface area contributed by atoms with Gasteiger partial charge in [-0.2, -0.15) is 18.3 Å². The molecule has 3 amide bonds. The predicted molar refractivity (Wildman–Crippen MR) is 164 cm³/mol. The van der Waals surface area contributed by atoms with Gasteiger partial charge in [0, 0.05) is 67.4 Å². The zero-order chi connectivity index (χ0) is 32.4. The van der Waals surface area contributed by atoms with Gasteiger partial charge in [-0.15, -0.1) is 0 Å². The van der Waals surface area contributed by atoms with Crippen LogP contribution in [0.4, 0.5) is 18.9 Å². The summed E-state index contributed by atoms with van der Waals surface area (Å²) < 4.78 is 41.0. The van der Waals surface area contributed by atoms with E-state index in [-0.39, 0.29) is 46.1 Å². The van der Waals surface area contributed by atoms with Crippen LogP contribution >= 0.6 is 11.6 Å². The quantitative estimate of drug-likeness (QED) is 0.285. The highest BCUT2D eigenvalue weighted by molar-refractivity contribution is 6.34. The minimum atomic E-state index is -4.61. The van der Waals surface area contributed by atoms with E-state index in [0.717, 1.165) is 45.2 Å². The molecule has 0 bridgehead atoms. The van der Waals surface area contributed by atoms with Crippen molar-refractivity contribution >= 4 is 35.0 Å². The molecular formula is C31H36ClF3N8O3. The van der Waals surface area contributed by atoms with E-state index in [2.05, 4.69) is 30.8 Å². The molecule has 1 aliphatic carbocycles. The summed E-state index contributed by atoms with van der Waals surface area (Å²) in [7, 11) is 0. The number of rotatable bonds is 8. The first kappa shape index (κ1) is 32.0. The van der Waals surface area contributed by atoms with Gasteiger partial charge in [-0.1, -0.05) is 30.9 Å². The Kier molecular flexibility index (Phi) is 9.37. The Labute approximate surface area is 268 Å². The number of hydrogen-bond donors (Lipinski definition) is 4. The molecule has 0 unspecified atom stereocenters. The standard InChI is InChI=1S/C31H36ClF3N8O3/c32-24-16-20(4-5-22(24)30(46)43-12-10-42(11-13-43)29(45)19-6-8-36-9-7-19)39-28(44)27-37-17-21(38-27)15-23-25(14-18-2-1-3-18)40-41-26(23)31(33,34)35/h4-5,16-19,36H,1-3,6-15H2,(H,37,38)(H,39,44)(H,40,41). The number of imidazole rings is 1. The number of aromatic amines is 2. The molecule has 46 heavy (non-hydrogen) atoms. The lowest BCUT2D eigenvalue weighted by Gasteiger charge is -2.37. The second-order valence-electron chi connectivity index (χ2n) is 12.3. The predicted octanol–water partition coefficient (Wildman–Crippen LogP) is 4.27. The fourth-order valence-electron chi connectivity index (χ4n) is 6.32. The Morgan fingerprint density at radius 2 is 1.74 bits per heavy atom. The smallest absolute Gasteiger partial charge is 0.339 e. The van der Waals surface area contributed by atoms with E-state index in [9.17, 15) is 27.6 Å². The van der Waals surface area contributed by atoms with E-state index in [0.29, 0.717) is 55.6 Å². The lowest BCUT2D eigenvalue weighted by atomic mass is 9.81. The molecule has 1 saturated carbocycles. The van der Waals surface area contributed by atoms with Gasteiger partial charge in [-0.05, 0) is 56.5 Å². The van der Waals surface area contributed by atoms with Gasteiger partial charge in [0.2, 0.25) is 5.91 Å². The number of anilines is 1. The van der Waals surface area contributed by atoms with Crippen molar-refractivity contribution in [2.24, 2.45) is 11.8 Å². The van der Waals surface area contributed by atoms with Crippen molar-refractivity contribution in [1.29, 1.82) is 0 Å². The normalized spacial score (nSPS) is 18.0. The molecule has 3 fully saturated rings. The van der Waals surface area contributed by atoms with Crippen LogP contribution < -0.4 is 10.6 Å². The van der Waals surface area contributed by atoms with Crippen LogP contribution in [0.2, 0.25) is 5.02 Å². The van der Waals surface area contributed by atoms with Crippen molar-refractivity contribution in [2.75, 3.05) is 44.6 Å². The molecule has 1 aromatic carbocycles. The molecule has 246 valence electrons. The van der Waals surface area contributed by atoms with Gasteiger partial charge in [0.1, 0.15) is 0 Å². The van der Waals surface area contributed by atoms with Crippen molar-refractivity contribution in [3.8, 4) is 0 Å². The highest BCUT2D eigenvalue weighted by Gasteiger charge is 2.38. The average Bonchev–Trinajstić information content (AvgIpc) is 3.66. The Morgan fingerprint density at radius 1 is 1.02 bits per heavy atom. The zero-order valence-corrected chi connectivity index (χ0v) is 25.9. The molecule has 3 aliphatic rings. The van der Waals surface area contributed by atoms with Crippen LogP contribution in [0.15, 0.2) is 24.4 Å². The average molecular weight is 661 g/mol. The minimum absolute atomic E-state index is 0.0293. The molecule has 0 atom stereocenters. The van der Waals surface area contributed by atoms with Crippen LogP contribution in [0.25, 0.3) is 0 Å². The fourth-order valence-corrected chi connectivity index (χ4v) is 6.58. The number of nitrogens with one attached hydrogen (secondary N) is 4. The Balaban J connectivity index is 1.06. The van der Waals surface area contributed by atoms with Crippen LogP contribution in [0.1, 0.15) is 75.7 Å². The number of carbonyl (C=O) groups excluding carboxylic acids is 3. The molecular weight excluding hydrogens is 625 g/mol.